The molecule has 1 aromatic rings. The van der Waals surface area contributed by atoms with Crippen molar-refractivity contribution in [2.24, 2.45) is 0 Å². The molecule has 1 aromatic carbocycles. The van der Waals surface area contributed by atoms with Crippen LogP contribution in [-0.2, 0) is 4.79 Å². The van der Waals surface area contributed by atoms with Crippen LogP contribution in [0.15, 0.2) is 35.7 Å². The molecule has 0 unspecified atom stereocenters. The van der Waals surface area contributed by atoms with E-state index in [2.05, 4.69) is 0 Å². The van der Waals surface area contributed by atoms with Gasteiger partial charge in [-0.3, -0.25) is 14.4 Å². The van der Waals surface area contributed by atoms with E-state index in [4.69, 9.17) is 0 Å². The van der Waals surface area contributed by atoms with Crippen LogP contribution in [0.4, 0.5) is 0 Å². The maximum absolute atomic E-state index is 13.3. The van der Waals surface area contributed by atoms with Crippen LogP contribution < -0.4 is 0 Å². The molecule has 0 heterocycles. The van der Waals surface area contributed by atoms with Crippen LogP contribution in [0.5, 0.6) is 0 Å². The molecule has 140 valence electrons. The molecule has 1 aliphatic carbocycles. The number of benzene rings is 1. The van der Waals surface area contributed by atoms with Crippen LogP contribution in [0, 0.1) is 0 Å². The molecule has 0 bridgehead atoms. The van der Waals surface area contributed by atoms with E-state index in [1.165, 1.54) is 4.90 Å². The zero-order chi connectivity index (χ0) is 19.4. The highest BCUT2D eigenvalue weighted by Gasteiger charge is 2.38. The summed E-state index contributed by atoms with van der Waals surface area (Å²) in [5.41, 5.74) is 1.29. The molecule has 6 heteroatoms. The number of allylic oxidation sites excluding steroid dienone is 2. The third kappa shape index (κ3) is 3.55. The number of Topliss-reactive ketones (excluding diaryl/α,β-unsaturated/α-hetero) is 2. The molecule has 0 saturated carbocycles. The standard InChI is InChI=1S/C20H27N3O3/c1-6-22(7-2)17-18(23(8-3)16(24)13-21(4)5)20(26)15-12-10-9-11-14(15)19(17)25/h9-12H,6-8,13H2,1-5H3. The number of fused-ring (bicyclic) bond motifs is 1. The number of amides is 1. The van der Waals surface area contributed by atoms with E-state index in [1.807, 2.05) is 25.7 Å². The summed E-state index contributed by atoms with van der Waals surface area (Å²) in [6.45, 7) is 7.35. The van der Waals surface area contributed by atoms with E-state index >= 15 is 0 Å². The Balaban J connectivity index is 2.68. The molecule has 0 atom stereocenters. The summed E-state index contributed by atoms with van der Waals surface area (Å²) in [7, 11) is 3.60. The van der Waals surface area contributed by atoms with E-state index < -0.39 is 0 Å². The van der Waals surface area contributed by atoms with E-state index in [1.54, 1.807) is 43.3 Å². The molecule has 0 aliphatic heterocycles. The Morgan fingerprint density at radius 1 is 0.846 bits per heavy atom. The van der Waals surface area contributed by atoms with Crippen molar-refractivity contribution in [2.45, 2.75) is 20.8 Å². The monoisotopic (exact) mass is 357 g/mol. The third-order valence-corrected chi connectivity index (χ3v) is 4.49. The van der Waals surface area contributed by atoms with E-state index in [9.17, 15) is 14.4 Å². The molecule has 0 aromatic heterocycles. The molecule has 1 amide bonds. The summed E-state index contributed by atoms with van der Waals surface area (Å²) in [6.07, 6.45) is 0. The molecule has 0 saturated heterocycles. The molecular formula is C20H27N3O3. The van der Waals surface area contributed by atoms with Crippen molar-refractivity contribution in [3.05, 3.63) is 46.8 Å². The Bertz CT molecular complexity index is 748. The molecule has 0 N–H and O–H groups in total. The molecule has 0 radical (unpaired) electrons. The highest BCUT2D eigenvalue weighted by molar-refractivity contribution is 6.27. The van der Waals surface area contributed by atoms with E-state index in [0.717, 1.165) is 0 Å². The van der Waals surface area contributed by atoms with Gasteiger partial charge in [-0.25, -0.2) is 0 Å². The maximum atomic E-state index is 13.3. The molecular weight excluding hydrogens is 330 g/mol. The number of carbonyl (C=O) groups excluding carboxylic acids is 3. The minimum Gasteiger partial charge on any atom is -0.367 e. The first-order valence-electron chi connectivity index (χ1n) is 8.99. The summed E-state index contributed by atoms with van der Waals surface area (Å²) < 4.78 is 0. The number of nitrogens with zero attached hydrogens (tertiary/aromatic N) is 3. The van der Waals surface area contributed by atoms with Crippen LogP contribution in [0.1, 0.15) is 41.5 Å². The fourth-order valence-corrected chi connectivity index (χ4v) is 3.25. The van der Waals surface area contributed by atoms with Gasteiger partial charge < -0.3 is 14.7 Å². The largest absolute Gasteiger partial charge is 0.367 e. The topological polar surface area (TPSA) is 60.9 Å². The van der Waals surface area contributed by atoms with Gasteiger partial charge >= 0.3 is 0 Å². The van der Waals surface area contributed by atoms with Gasteiger partial charge in [0.2, 0.25) is 17.5 Å². The predicted molar refractivity (Wildman–Crippen MR) is 101 cm³/mol. The molecule has 6 nitrogen and oxygen atoms in total. The Kier molecular flexibility index (Phi) is 6.32. The lowest BCUT2D eigenvalue weighted by atomic mass is 9.89. The minimum absolute atomic E-state index is 0.173. The van der Waals surface area contributed by atoms with Gasteiger partial charge in [-0.15, -0.1) is 0 Å². The van der Waals surface area contributed by atoms with Crippen LogP contribution in [0.3, 0.4) is 0 Å². The molecule has 0 fully saturated rings. The quantitative estimate of drug-likeness (QED) is 0.747. The fraction of sp³-hybridized carbons (Fsp3) is 0.450. The summed E-state index contributed by atoms with van der Waals surface area (Å²) in [5.74, 6) is -0.663. The smallest absolute Gasteiger partial charge is 0.241 e. The molecule has 2 rings (SSSR count). The Morgan fingerprint density at radius 2 is 1.35 bits per heavy atom. The highest BCUT2D eigenvalue weighted by Crippen LogP contribution is 2.30. The van der Waals surface area contributed by atoms with Gasteiger partial charge in [0.15, 0.2) is 0 Å². The highest BCUT2D eigenvalue weighted by atomic mass is 16.2. The fourth-order valence-electron chi connectivity index (χ4n) is 3.25. The summed E-state index contributed by atoms with van der Waals surface area (Å²) >= 11 is 0. The number of hydrogen-bond donors (Lipinski definition) is 0. The van der Waals surface area contributed by atoms with E-state index in [-0.39, 0.29) is 29.7 Å². The van der Waals surface area contributed by atoms with Gasteiger partial charge in [0.25, 0.3) is 0 Å². The average Bonchev–Trinajstić information content (AvgIpc) is 2.62. The SMILES string of the molecule is CCN(CC)C1=C(N(CC)C(=O)CN(C)C)C(=O)c2ccccc2C1=O. The van der Waals surface area contributed by atoms with Crippen molar-refractivity contribution in [1.82, 2.24) is 14.7 Å². The second kappa shape index (κ2) is 8.27. The van der Waals surface area contributed by atoms with Gasteiger partial charge in [-0.05, 0) is 34.9 Å². The van der Waals surface area contributed by atoms with Crippen molar-refractivity contribution in [3.8, 4) is 0 Å². The van der Waals surface area contributed by atoms with Gasteiger partial charge in [0, 0.05) is 30.8 Å². The maximum Gasteiger partial charge on any atom is 0.241 e. The Morgan fingerprint density at radius 3 is 1.77 bits per heavy atom. The van der Waals surface area contributed by atoms with Crippen molar-refractivity contribution < 1.29 is 14.4 Å². The first-order valence-corrected chi connectivity index (χ1v) is 8.99. The number of ketones is 2. The van der Waals surface area contributed by atoms with Crippen molar-refractivity contribution >= 4 is 17.5 Å². The zero-order valence-electron chi connectivity index (χ0n) is 16.2. The second-order valence-electron chi connectivity index (χ2n) is 6.45. The normalized spacial score (nSPS) is 13.9. The number of hydrogen-bond acceptors (Lipinski definition) is 5. The van der Waals surface area contributed by atoms with Crippen molar-refractivity contribution in [2.75, 3.05) is 40.3 Å². The molecule has 1 aliphatic rings. The Hall–Kier alpha value is -2.47. The summed E-state index contributed by atoms with van der Waals surface area (Å²) in [6, 6.07) is 6.82. The van der Waals surface area contributed by atoms with Crippen LogP contribution in [0.2, 0.25) is 0 Å². The molecule has 26 heavy (non-hydrogen) atoms. The van der Waals surface area contributed by atoms with Crippen molar-refractivity contribution in [1.29, 1.82) is 0 Å². The van der Waals surface area contributed by atoms with E-state index in [0.29, 0.717) is 36.5 Å². The number of rotatable bonds is 7. The average molecular weight is 357 g/mol. The van der Waals surface area contributed by atoms with Crippen LogP contribution in [0.25, 0.3) is 0 Å². The molecule has 0 spiro atoms. The van der Waals surface area contributed by atoms with Crippen LogP contribution >= 0.6 is 0 Å². The summed E-state index contributed by atoms with van der Waals surface area (Å²) in [5, 5.41) is 0. The number of likely N-dealkylation sites (N-methyl/N-ethyl adjacent to an activating group) is 3. The zero-order valence-corrected chi connectivity index (χ0v) is 16.2. The van der Waals surface area contributed by atoms with Gasteiger partial charge in [0.1, 0.15) is 11.4 Å². The second-order valence-corrected chi connectivity index (χ2v) is 6.45. The van der Waals surface area contributed by atoms with Crippen molar-refractivity contribution in [3.63, 3.8) is 0 Å². The predicted octanol–water partition coefficient (Wildman–Crippen LogP) is 2.03. The van der Waals surface area contributed by atoms with Gasteiger partial charge in [-0.1, -0.05) is 24.3 Å². The third-order valence-electron chi connectivity index (χ3n) is 4.49. The van der Waals surface area contributed by atoms with Gasteiger partial charge in [0.05, 0.1) is 6.54 Å². The van der Waals surface area contributed by atoms with Crippen LogP contribution in [-0.4, -0.2) is 72.4 Å². The lowest BCUT2D eigenvalue weighted by Gasteiger charge is -2.34. The summed E-state index contributed by atoms with van der Waals surface area (Å²) in [4.78, 5) is 44.3. The first-order chi connectivity index (χ1) is 12.4. The minimum atomic E-state index is -0.268. The Labute approximate surface area is 155 Å². The lowest BCUT2D eigenvalue weighted by molar-refractivity contribution is -0.129. The number of carbonyl (C=O) groups is 3. The van der Waals surface area contributed by atoms with Gasteiger partial charge in [-0.2, -0.15) is 0 Å². The first kappa shape index (κ1) is 19.8. The lowest BCUT2D eigenvalue weighted by Crippen LogP contribution is -2.45.